The van der Waals surface area contributed by atoms with E-state index in [-0.39, 0.29) is 0 Å². The lowest BCUT2D eigenvalue weighted by Gasteiger charge is -2.11. The number of carbonyl (C=O) groups is 1. The fourth-order valence-electron chi connectivity index (χ4n) is 1.78. The quantitative estimate of drug-likeness (QED) is 0.594. The number of allylic oxidation sites excluding steroid dienone is 1. The minimum absolute atomic E-state index is 0.468. The molecule has 0 aliphatic heterocycles. The Bertz CT molecular complexity index is 588. The highest BCUT2D eigenvalue weighted by atomic mass is 16.5. The summed E-state index contributed by atoms with van der Waals surface area (Å²) in [7, 11) is 1.61. The van der Waals surface area contributed by atoms with Gasteiger partial charge in [0.05, 0.1) is 7.11 Å². The SMILES string of the molecule is COc1ccc(/C=C/C=O)c(OCc2ccccc2)c1. The topological polar surface area (TPSA) is 35.5 Å². The molecule has 0 aromatic heterocycles. The summed E-state index contributed by atoms with van der Waals surface area (Å²) in [4.78, 5) is 10.4. The Balaban J connectivity index is 2.19. The van der Waals surface area contributed by atoms with Crippen LogP contribution in [-0.2, 0) is 11.4 Å². The van der Waals surface area contributed by atoms with Gasteiger partial charge in [0.2, 0.25) is 0 Å². The van der Waals surface area contributed by atoms with Gasteiger partial charge in [-0.05, 0) is 29.8 Å². The van der Waals surface area contributed by atoms with Crippen LogP contribution in [0.5, 0.6) is 11.5 Å². The highest BCUT2D eigenvalue weighted by molar-refractivity contribution is 5.75. The predicted molar refractivity (Wildman–Crippen MR) is 78.9 cm³/mol. The average Bonchev–Trinajstić information content (AvgIpc) is 2.52. The van der Waals surface area contributed by atoms with Gasteiger partial charge in [0.25, 0.3) is 0 Å². The maximum Gasteiger partial charge on any atom is 0.142 e. The molecule has 0 aliphatic carbocycles. The lowest BCUT2D eigenvalue weighted by molar-refractivity contribution is -0.104. The van der Waals surface area contributed by atoms with Gasteiger partial charge in [-0.3, -0.25) is 4.79 Å². The minimum atomic E-state index is 0.468. The second kappa shape index (κ2) is 7.14. The molecule has 0 spiro atoms. The second-order valence-electron chi connectivity index (χ2n) is 4.17. The molecule has 0 radical (unpaired) electrons. The largest absolute Gasteiger partial charge is 0.497 e. The Morgan fingerprint density at radius 3 is 2.60 bits per heavy atom. The van der Waals surface area contributed by atoms with Crippen LogP contribution in [0.2, 0.25) is 0 Å². The fourth-order valence-corrected chi connectivity index (χ4v) is 1.78. The monoisotopic (exact) mass is 268 g/mol. The Morgan fingerprint density at radius 1 is 1.10 bits per heavy atom. The van der Waals surface area contributed by atoms with Crippen molar-refractivity contribution in [2.45, 2.75) is 6.61 Å². The van der Waals surface area contributed by atoms with E-state index < -0.39 is 0 Å². The van der Waals surface area contributed by atoms with Gasteiger partial charge in [0.1, 0.15) is 24.4 Å². The third-order valence-corrected chi connectivity index (χ3v) is 2.81. The first-order chi connectivity index (χ1) is 9.83. The highest BCUT2D eigenvalue weighted by Gasteiger charge is 2.04. The molecule has 2 aromatic rings. The van der Waals surface area contributed by atoms with Crippen LogP contribution >= 0.6 is 0 Å². The molecule has 102 valence electrons. The molecule has 0 amide bonds. The van der Waals surface area contributed by atoms with E-state index in [1.807, 2.05) is 48.5 Å². The van der Waals surface area contributed by atoms with Crippen molar-refractivity contribution >= 4 is 12.4 Å². The van der Waals surface area contributed by atoms with Crippen LogP contribution in [0.3, 0.4) is 0 Å². The number of ether oxygens (including phenoxy) is 2. The van der Waals surface area contributed by atoms with Crippen LogP contribution in [0.25, 0.3) is 6.08 Å². The van der Waals surface area contributed by atoms with Crippen LogP contribution in [0, 0.1) is 0 Å². The van der Waals surface area contributed by atoms with E-state index in [2.05, 4.69) is 0 Å². The van der Waals surface area contributed by atoms with E-state index >= 15 is 0 Å². The highest BCUT2D eigenvalue weighted by Crippen LogP contribution is 2.26. The molecule has 20 heavy (non-hydrogen) atoms. The van der Waals surface area contributed by atoms with E-state index in [4.69, 9.17) is 9.47 Å². The van der Waals surface area contributed by atoms with Crippen LogP contribution in [0.1, 0.15) is 11.1 Å². The molecular weight excluding hydrogens is 252 g/mol. The summed E-state index contributed by atoms with van der Waals surface area (Å²) < 4.78 is 11.0. The summed E-state index contributed by atoms with van der Waals surface area (Å²) in [6, 6.07) is 15.4. The minimum Gasteiger partial charge on any atom is -0.497 e. The zero-order valence-electron chi connectivity index (χ0n) is 11.3. The summed E-state index contributed by atoms with van der Waals surface area (Å²) in [6.45, 7) is 0.468. The van der Waals surface area contributed by atoms with Crippen molar-refractivity contribution < 1.29 is 14.3 Å². The van der Waals surface area contributed by atoms with Crippen molar-refractivity contribution in [1.29, 1.82) is 0 Å². The Labute approximate surface area is 118 Å². The maximum atomic E-state index is 10.4. The molecule has 2 rings (SSSR count). The molecule has 0 N–H and O–H groups in total. The second-order valence-corrected chi connectivity index (χ2v) is 4.17. The van der Waals surface area contributed by atoms with Crippen LogP contribution in [0.15, 0.2) is 54.6 Å². The van der Waals surface area contributed by atoms with E-state index in [1.54, 1.807) is 13.2 Å². The van der Waals surface area contributed by atoms with Crippen molar-refractivity contribution in [3.05, 3.63) is 65.7 Å². The molecule has 0 aliphatic rings. The average molecular weight is 268 g/mol. The molecule has 0 unspecified atom stereocenters. The lowest BCUT2D eigenvalue weighted by Crippen LogP contribution is -1.97. The molecular formula is C17H16O3. The van der Waals surface area contributed by atoms with Crippen molar-refractivity contribution in [3.8, 4) is 11.5 Å². The molecule has 0 atom stereocenters. The van der Waals surface area contributed by atoms with E-state index in [0.29, 0.717) is 12.4 Å². The predicted octanol–water partition coefficient (Wildman–Crippen LogP) is 3.49. The van der Waals surface area contributed by atoms with Gasteiger partial charge in [-0.15, -0.1) is 0 Å². The van der Waals surface area contributed by atoms with Gasteiger partial charge in [-0.2, -0.15) is 0 Å². The molecule has 0 saturated heterocycles. The van der Waals surface area contributed by atoms with Crippen LogP contribution in [-0.4, -0.2) is 13.4 Å². The third-order valence-electron chi connectivity index (χ3n) is 2.81. The van der Waals surface area contributed by atoms with Gasteiger partial charge in [-0.25, -0.2) is 0 Å². The van der Waals surface area contributed by atoms with Crippen LogP contribution < -0.4 is 9.47 Å². The first-order valence-corrected chi connectivity index (χ1v) is 6.30. The number of methoxy groups -OCH3 is 1. The van der Waals surface area contributed by atoms with E-state index in [1.165, 1.54) is 6.08 Å². The number of benzene rings is 2. The number of carbonyl (C=O) groups excluding carboxylic acids is 1. The molecule has 3 heteroatoms. The summed E-state index contributed by atoms with van der Waals surface area (Å²) >= 11 is 0. The lowest BCUT2D eigenvalue weighted by atomic mass is 10.1. The molecule has 0 heterocycles. The Morgan fingerprint density at radius 2 is 1.90 bits per heavy atom. The van der Waals surface area contributed by atoms with Crippen molar-refractivity contribution in [1.82, 2.24) is 0 Å². The van der Waals surface area contributed by atoms with Gasteiger partial charge >= 0.3 is 0 Å². The molecule has 0 fully saturated rings. The summed E-state index contributed by atoms with van der Waals surface area (Å²) in [6.07, 6.45) is 3.90. The van der Waals surface area contributed by atoms with Gasteiger partial charge in [0.15, 0.2) is 0 Å². The van der Waals surface area contributed by atoms with Crippen molar-refractivity contribution in [3.63, 3.8) is 0 Å². The van der Waals surface area contributed by atoms with E-state index in [0.717, 1.165) is 23.2 Å². The maximum absolute atomic E-state index is 10.4. The number of hydrogen-bond donors (Lipinski definition) is 0. The summed E-state index contributed by atoms with van der Waals surface area (Å²) in [5.74, 6) is 1.41. The standard InChI is InChI=1S/C17H16O3/c1-19-16-10-9-15(8-5-11-18)17(12-16)20-13-14-6-3-2-4-7-14/h2-12H,13H2,1H3/b8-5+. The molecule has 2 aromatic carbocycles. The zero-order valence-corrected chi connectivity index (χ0v) is 11.3. The van der Waals surface area contributed by atoms with Gasteiger partial charge in [-0.1, -0.05) is 30.3 Å². The Kier molecular flexibility index (Phi) is 4.95. The third kappa shape index (κ3) is 3.72. The normalized spacial score (nSPS) is 10.4. The van der Waals surface area contributed by atoms with Crippen molar-refractivity contribution in [2.75, 3.05) is 7.11 Å². The fraction of sp³-hybridized carbons (Fsp3) is 0.118. The Hall–Kier alpha value is -2.55. The van der Waals surface area contributed by atoms with Gasteiger partial charge in [0, 0.05) is 11.6 Å². The summed E-state index contributed by atoms with van der Waals surface area (Å²) in [5, 5.41) is 0. The first-order valence-electron chi connectivity index (χ1n) is 6.30. The molecule has 0 bridgehead atoms. The van der Waals surface area contributed by atoms with Gasteiger partial charge < -0.3 is 9.47 Å². The molecule has 0 saturated carbocycles. The zero-order chi connectivity index (χ0) is 14.2. The first kappa shape index (κ1) is 13.9. The number of aldehydes is 1. The summed E-state index contributed by atoms with van der Waals surface area (Å²) in [5.41, 5.74) is 1.93. The molecule has 3 nitrogen and oxygen atoms in total. The number of hydrogen-bond acceptors (Lipinski definition) is 3. The van der Waals surface area contributed by atoms with Crippen LogP contribution in [0.4, 0.5) is 0 Å². The smallest absolute Gasteiger partial charge is 0.142 e. The number of rotatable bonds is 6. The van der Waals surface area contributed by atoms with E-state index in [9.17, 15) is 4.79 Å². The van der Waals surface area contributed by atoms with Crippen molar-refractivity contribution in [2.24, 2.45) is 0 Å².